The highest BCUT2D eigenvalue weighted by atomic mass is 32.2. The van der Waals surface area contributed by atoms with Gasteiger partial charge in [-0.05, 0) is 25.0 Å². The summed E-state index contributed by atoms with van der Waals surface area (Å²) in [5.74, 6) is 0.815. The molecular weight excluding hydrogens is 300 g/mol. The van der Waals surface area contributed by atoms with E-state index in [9.17, 15) is 9.59 Å². The number of carbonyl (C=O) groups is 2. The van der Waals surface area contributed by atoms with Crippen molar-refractivity contribution >= 4 is 29.3 Å². The van der Waals surface area contributed by atoms with Crippen molar-refractivity contribution in [2.24, 2.45) is 0 Å². The van der Waals surface area contributed by atoms with E-state index < -0.39 is 0 Å². The fourth-order valence-electron chi connectivity index (χ4n) is 2.54. The Bertz CT molecular complexity index is 609. The fraction of sp³-hybridized carbons (Fsp3) is 0.375. The topological polar surface area (TPSA) is 58.6 Å². The van der Waals surface area contributed by atoms with Crippen LogP contribution in [0.3, 0.4) is 0 Å². The molecule has 1 fully saturated rings. The summed E-state index contributed by atoms with van der Waals surface area (Å²) in [5.41, 5.74) is 1.06. The number of para-hydroxylation sites is 1. The quantitative estimate of drug-likeness (QED) is 0.930. The van der Waals surface area contributed by atoms with Crippen LogP contribution in [0, 0.1) is 0 Å². The van der Waals surface area contributed by atoms with E-state index in [1.54, 1.807) is 35.4 Å². The largest absolute Gasteiger partial charge is 0.487 e. The molecule has 0 bridgehead atoms. The average Bonchev–Trinajstić information content (AvgIpc) is 3.10. The number of ether oxygens (including phenoxy) is 1. The van der Waals surface area contributed by atoms with E-state index in [0.29, 0.717) is 23.6 Å². The van der Waals surface area contributed by atoms with Crippen molar-refractivity contribution in [1.82, 2.24) is 4.90 Å². The van der Waals surface area contributed by atoms with Crippen molar-refractivity contribution in [3.8, 4) is 0 Å². The number of thioether (sulfide) groups is 1. The Balaban J connectivity index is 1.77. The number of nitrogens with zero attached hydrogens (tertiary/aromatic N) is 1. The second-order valence-corrected chi connectivity index (χ2v) is 6.18. The Morgan fingerprint density at radius 3 is 2.68 bits per heavy atom. The highest BCUT2D eigenvalue weighted by Crippen LogP contribution is 2.22. The molecule has 6 heteroatoms. The molecule has 0 aliphatic carbocycles. The van der Waals surface area contributed by atoms with E-state index in [1.807, 2.05) is 11.0 Å². The lowest BCUT2D eigenvalue weighted by Crippen LogP contribution is -2.29. The maximum atomic E-state index is 12.6. The number of carbonyl (C=O) groups excluding carboxylic acids is 2. The molecule has 1 N–H and O–H groups in total. The molecular formula is C16H18N2O3S. The first-order valence-corrected chi connectivity index (χ1v) is 8.45. The number of anilines is 1. The van der Waals surface area contributed by atoms with Crippen molar-refractivity contribution in [1.29, 1.82) is 0 Å². The zero-order valence-corrected chi connectivity index (χ0v) is 13.0. The molecule has 3 rings (SSSR count). The molecule has 2 aliphatic heterocycles. The summed E-state index contributed by atoms with van der Waals surface area (Å²) in [6.07, 6.45) is 2.08. The molecule has 5 nitrogen and oxygen atoms in total. The Morgan fingerprint density at radius 1 is 1.18 bits per heavy atom. The molecule has 1 aromatic rings. The van der Waals surface area contributed by atoms with Gasteiger partial charge in [0.25, 0.3) is 11.8 Å². The van der Waals surface area contributed by atoms with Crippen molar-refractivity contribution < 1.29 is 14.3 Å². The van der Waals surface area contributed by atoms with Crippen LogP contribution >= 0.6 is 11.8 Å². The van der Waals surface area contributed by atoms with Gasteiger partial charge in [0.1, 0.15) is 0 Å². The third kappa shape index (κ3) is 3.27. The Labute approximate surface area is 133 Å². The van der Waals surface area contributed by atoms with Crippen LogP contribution in [0.1, 0.15) is 23.2 Å². The summed E-state index contributed by atoms with van der Waals surface area (Å²) in [6.45, 7) is 2.09. The number of hydrogen-bond acceptors (Lipinski definition) is 4. The summed E-state index contributed by atoms with van der Waals surface area (Å²) in [4.78, 5) is 26.6. The van der Waals surface area contributed by atoms with Crippen LogP contribution in [0.15, 0.2) is 35.4 Å². The lowest BCUT2D eigenvalue weighted by molar-refractivity contribution is -0.116. The minimum absolute atomic E-state index is 0.0266. The van der Waals surface area contributed by atoms with Crippen LogP contribution in [0.5, 0.6) is 0 Å². The maximum Gasteiger partial charge on any atom is 0.291 e. The summed E-state index contributed by atoms with van der Waals surface area (Å²) >= 11 is 1.55. The summed E-state index contributed by atoms with van der Waals surface area (Å²) in [7, 11) is 0. The molecule has 1 saturated heterocycles. The zero-order chi connectivity index (χ0) is 15.4. The van der Waals surface area contributed by atoms with Gasteiger partial charge in [0.2, 0.25) is 0 Å². The van der Waals surface area contributed by atoms with E-state index in [2.05, 4.69) is 5.32 Å². The van der Waals surface area contributed by atoms with Gasteiger partial charge in [-0.2, -0.15) is 0 Å². The molecule has 2 amide bonds. The fourth-order valence-corrected chi connectivity index (χ4v) is 3.16. The number of amides is 2. The number of likely N-dealkylation sites (tertiary alicyclic amines) is 1. The molecule has 2 heterocycles. The van der Waals surface area contributed by atoms with E-state index in [1.165, 1.54) is 0 Å². The Kier molecular flexibility index (Phi) is 4.68. The van der Waals surface area contributed by atoms with Gasteiger partial charge < -0.3 is 15.0 Å². The average molecular weight is 318 g/mol. The maximum absolute atomic E-state index is 12.6. The highest BCUT2D eigenvalue weighted by Gasteiger charge is 2.23. The van der Waals surface area contributed by atoms with Crippen molar-refractivity contribution in [3.05, 3.63) is 41.0 Å². The van der Waals surface area contributed by atoms with Crippen molar-refractivity contribution in [2.75, 3.05) is 30.8 Å². The SMILES string of the molecule is O=C(Nc1ccccc1C(=O)N1CCCC1)C1=CSCCO1. The van der Waals surface area contributed by atoms with Crippen LogP contribution in [-0.2, 0) is 9.53 Å². The highest BCUT2D eigenvalue weighted by molar-refractivity contribution is 8.02. The third-order valence-electron chi connectivity index (χ3n) is 3.67. The van der Waals surface area contributed by atoms with E-state index >= 15 is 0 Å². The van der Waals surface area contributed by atoms with E-state index in [0.717, 1.165) is 31.7 Å². The molecule has 0 aromatic heterocycles. The predicted molar refractivity (Wildman–Crippen MR) is 86.7 cm³/mol. The standard InChI is InChI=1S/C16H18N2O3S/c19-15(14-11-22-10-9-21-14)17-13-6-2-1-5-12(13)16(20)18-7-3-4-8-18/h1-2,5-6,11H,3-4,7-10H2,(H,17,19). The van der Waals surface area contributed by atoms with Gasteiger partial charge in [0.15, 0.2) is 5.76 Å². The summed E-state index contributed by atoms with van der Waals surface area (Å²) in [6, 6.07) is 7.12. The molecule has 0 spiro atoms. The Hall–Kier alpha value is -1.95. The third-order valence-corrected chi connectivity index (χ3v) is 4.45. The van der Waals surface area contributed by atoms with E-state index in [4.69, 9.17) is 4.74 Å². The van der Waals surface area contributed by atoms with Gasteiger partial charge in [-0.1, -0.05) is 12.1 Å². The monoisotopic (exact) mass is 318 g/mol. The molecule has 0 atom stereocenters. The van der Waals surface area contributed by atoms with Gasteiger partial charge in [0.05, 0.1) is 17.9 Å². The van der Waals surface area contributed by atoms with Gasteiger partial charge in [0, 0.05) is 24.3 Å². The predicted octanol–water partition coefficient (Wildman–Crippen LogP) is 2.47. The molecule has 22 heavy (non-hydrogen) atoms. The number of rotatable bonds is 3. The van der Waals surface area contributed by atoms with Gasteiger partial charge in [-0.25, -0.2) is 0 Å². The summed E-state index contributed by atoms with van der Waals surface area (Å²) in [5, 5.41) is 4.50. The molecule has 0 unspecified atom stereocenters. The lowest BCUT2D eigenvalue weighted by atomic mass is 10.1. The second kappa shape index (κ2) is 6.87. The molecule has 2 aliphatic rings. The number of benzene rings is 1. The smallest absolute Gasteiger partial charge is 0.291 e. The van der Waals surface area contributed by atoms with Crippen LogP contribution in [0.2, 0.25) is 0 Å². The first-order valence-electron chi connectivity index (χ1n) is 7.40. The molecule has 0 radical (unpaired) electrons. The molecule has 1 aromatic carbocycles. The van der Waals surface area contributed by atoms with Gasteiger partial charge in [-0.15, -0.1) is 11.8 Å². The first-order chi connectivity index (χ1) is 10.8. The molecule has 0 saturated carbocycles. The Morgan fingerprint density at radius 2 is 1.95 bits per heavy atom. The minimum Gasteiger partial charge on any atom is -0.487 e. The summed E-state index contributed by atoms with van der Waals surface area (Å²) < 4.78 is 5.34. The van der Waals surface area contributed by atoms with Crippen molar-refractivity contribution in [3.63, 3.8) is 0 Å². The first kappa shape index (κ1) is 15.0. The molecule has 116 valence electrons. The van der Waals surface area contributed by atoms with Crippen LogP contribution in [0.4, 0.5) is 5.69 Å². The van der Waals surface area contributed by atoms with Gasteiger partial charge in [-0.3, -0.25) is 9.59 Å². The lowest BCUT2D eigenvalue weighted by Gasteiger charge is -2.19. The van der Waals surface area contributed by atoms with Crippen molar-refractivity contribution in [2.45, 2.75) is 12.8 Å². The van der Waals surface area contributed by atoms with Crippen LogP contribution in [0.25, 0.3) is 0 Å². The number of nitrogens with one attached hydrogen (secondary N) is 1. The second-order valence-electron chi connectivity index (χ2n) is 5.20. The van der Waals surface area contributed by atoms with Crippen LogP contribution in [-0.4, -0.2) is 42.2 Å². The minimum atomic E-state index is -0.311. The van der Waals surface area contributed by atoms with E-state index in [-0.39, 0.29) is 11.8 Å². The van der Waals surface area contributed by atoms with Gasteiger partial charge >= 0.3 is 0 Å². The number of hydrogen-bond donors (Lipinski definition) is 1. The van der Waals surface area contributed by atoms with Crippen LogP contribution < -0.4 is 5.32 Å². The zero-order valence-electron chi connectivity index (χ0n) is 12.2. The normalized spacial score (nSPS) is 17.6.